The summed E-state index contributed by atoms with van der Waals surface area (Å²) in [5.41, 5.74) is 4.15. The number of carbonyl (C=O) groups excluding carboxylic acids is 1. The van der Waals surface area contributed by atoms with Gasteiger partial charge < -0.3 is 19.7 Å². The summed E-state index contributed by atoms with van der Waals surface area (Å²) in [6.45, 7) is 12.1. The second kappa shape index (κ2) is 12.2. The van der Waals surface area contributed by atoms with Crippen molar-refractivity contribution in [2.75, 3.05) is 23.4 Å². The number of aromatic nitrogens is 2. The molecule has 164 valence electrons. The summed E-state index contributed by atoms with van der Waals surface area (Å²) in [6.07, 6.45) is 8.12. The maximum absolute atomic E-state index is 11.1. The molecule has 0 aliphatic rings. The second-order valence-corrected chi connectivity index (χ2v) is 7.35. The third-order valence-electron chi connectivity index (χ3n) is 5.58. The van der Waals surface area contributed by atoms with Crippen molar-refractivity contribution in [3.8, 4) is 6.01 Å². The van der Waals surface area contributed by atoms with E-state index in [-0.39, 0.29) is 5.92 Å². The Morgan fingerprint density at radius 3 is 2.30 bits per heavy atom. The number of benzene rings is 1. The molecule has 1 unspecified atom stereocenters. The van der Waals surface area contributed by atoms with Gasteiger partial charge in [0.05, 0.1) is 36.1 Å². The molecule has 1 aromatic heterocycles. The highest BCUT2D eigenvalue weighted by molar-refractivity contribution is 5.76. The van der Waals surface area contributed by atoms with Crippen LogP contribution < -0.4 is 15.0 Å². The van der Waals surface area contributed by atoms with Crippen LogP contribution in [0.3, 0.4) is 0 Å². The minimum absolute atomic E-state index is 0.219. The molecule has 0 radical (unpaired) electrons. The molecule has 0 aliphatic carbocycles. The first-order valence-corrected chi connectivity index (χ1v) is 11.2. The number of rotatable bonds is 13. The normalized spacial score (nSPS) is 11.9. The van der Waals surface area contributed by atoms with Crippen molar-refractivity contribution in [2.45, 2.75) is 72.3 Å². The van der Waals surface area contributed by atoms with Crippen molar-refractivity contribution in [2.24, 2.45) is 0 Å². The first kappa shape index (κ1) is 23.6. The van der Waals surface area contributed by atoms with Crippen LogP contribution in [-0.4, -0.2) is 35.4 Å². The van der Waals surface area contributed by atoms with Crippen LogP contribution in [-0.2, 0) is 4.79 Å². The first-order chi connectivity index (χ1) is 14.6. The molecule has 0 fully saturated rings. The molecule has 0 saturated carbocycles. The Balaban J connectivity index is 2.46. The van der Waals surface area contributed by atoms with Crippen molar-refractivity contribution in [1.82, 2.24) is 9.97 Å². The molecule has 0 saturated heterocycles. The van der Waals surface area contributed by atoms with Gasteiger partial charge in [0.2, 0.25) is 0 Å². The molecule has 6 heteroatoms. The lowest BCUT2D eigenvalue weighted by Crippen LogP contribution is -2.34. The highest BCUT2D eigenvalue weighted by Crippen LogP contribution is 2.35. The zero-order chi connectivity index (χ0) is 21.9. The molecule has 1 atom stereocenters. The summed E-state index contributed by atoms with van der Waals surface area (Å²) in [6, 6.07) is 7.37. The molecule has 30 heavy (non-hydrogen) atoms. The van der Waals surface area contributed by atoms with Crippen molar-refractivity contribution in [3.63, 3.8) is 0 Å². The van der Waals surface area contributed by atoms with Crippen LogP contribution in [0.25, 0.3) is 0 Å². The number of aldehydes is 1. The van der Waals surface area contributed by atoms with Gasteiger partial charge in [-0.1, -0.05) is 26.8 Å². The van der Waals surface area contributed by atoms with Gasteiger partial charge in [-0.2, -0.15) is 0 Å². The number of carbonyl (C=O) groups is 1. The number of hydrogen-bond donors (Lipinski definition) is 1. The fourth-order valence-electron chi connectivity index (χ4n) is 3.91. The van der Waals surface area contributed by atoms with E-state index in [9.17, 15) is 4.79 Å². The van der Waals surface area contributed by atoms with Gasteiger partial charge in [-0.25, -0.2) is 9.97 Å². The molecular formula is C24H36N4O2. The van der Waals surface area contributed by atoms with Crippen molar-refractivity contribution in [3.05, 3.63) is 36.2 Å². The van der Waals surface area contributed by atoms with Crippen LogP contribution in [0.4, 0.5) is 17.1 Å². The Morgan fingerprint density at radius 2 is 1.77 bits per heavy atom. The average molecular weight is 413 g/mol. The van der Waals surface area contributed by atoms with Gasteiger partial charge >= 0.3 is 6.01 Å². The molecule has 6 nitrogen and oxygen atoms in total. The maximum Gasteiger partial charge on any atom is 0.316 e. The van der Waals surface area contributed by atoms with Crippen LogP contribution in [0.15, 0.2) is 30.6 Å². The van der Waals surface area contributed by atoms with Crippen LogP contribution in [0.1, 0.15) is 71.8 Å². The SMILES string of the molecule is CCOc1ncc(Nc2cc(C(CC)CC=O)ccc2N(CC)C(CC)CC)cn1. The molecule has 1 aromatic carbocycles. The molecule has 1 heterocycles. The van der Waals surface area contributed by atoms with Gasteiger partial charge in [-0.05, 0) is 56.7 Å². The Morgan fingerprint density at radius 1 is 1.07 bits per heavy atom. The smallest absolute Gasteiger partial charge is 0.316 e. The van der Waals surface area contributed by atoms with Gasteiger partial charge in [0.1, 0.15) is 6.29 Å². The minimum Gasteiger partial charge on any atom is -0.464 e. The summed E-state index contributed by atoms with van der Waals surface area (Å²) in [5.74, 6) is 0.219. The van der Waals surface area contributed by atoms with Gasteiger partial charge in [0, 0.05) is 19.0 Å². The quantitative estimate of drug-likeness (QED) is 0.425. The molecule has 0 aliphatic heterocycles. The lowest BCUT2D eigenvalue weighted by atomic mass is 9.92. The Kier molecular flexibility index (Phi) is 9.58. The van der Waals surface area contributed by atoms with E-state index in [0.717, 1.165) is 49.2 Å². The van der Waals surface area contributed by atoms with Crippen molar-refractivity contribution in [1.29, 1.82) is 0 Å². The molecule has 2 aromatic rings. The molecular weight excluding hydrogens is 376 g/mol. The van der Waals surface area contributed by atoms with Gasteiger partial charge in [0.25, 0.3) is 0 Å². The van der Waals surface area contributed by atoms with E-state index >= 15 is 0 Å². The number of nitrogens with one attached hydrogen (secondary N) is 1. The lowest BCUT2D eigenvalue weighted by Gasteiger charge is -2.34. The molecule has 2 rings (SSSR count). The van der Waals surface area contributed by atoms with E-state index in [1.54, 1.807) is 12.4 Å². The number of hydrogen-bond acceptors (Lipinski definition) is 6. The highest BCUT2D eigenvalue weighted by Gasteiger charge is 2.19. The lowest BCUT2D eigenvalue weighted by molar-refractivity contribution is -0.108. The van der Waals surface area contributed by atoms with E-state index in [0.29, 0.717) is 25.1 Å². The summed E-state index contributed by atoms with van der Waals surface area (Å²) >= 11 is 0. The third-order valence-corrected chi connectivity index (χ3v) is 5.58. The van der Waals surface area contributed by atoms with Crippen LogP contribution >= 0.6 is 0 Å². The summed E-state index contributed by atoms with van der Waals surface area (Å²) in [7, 11) is 0. The number of ether oxygens (including phenoxy) is 1. The van der Waals surface area contributed by atoms with Crippen LogP contribution in [0.2, 0.25) is 0 Å². The topological polar surface area (TPSA) is 67.3 Å². The van der Waals surface area contributed by atoms with Crippen molar-refractivity contribution >= 4 is 23.3 Å². The van der Waals surface area contributed by atoms with Crippen LogP contribution in [0, 0.1) is 0 Å². The molecule has 1 N–H and O–H groups in total. The van der Waals surface area contributed by atoms with Gasteiger partial charge in [-0.3, -0.25) is 0 Å². The second-order valence-electron chi connectivity index (χ2n) is 7.35. The van der Waals surface area contributed by atoms with E-state index in [4.69, 9.17) is 4.74 Å². The van der Waals surface area contributed by atoms with E-state index < -0.39 is 0 Å². The van der Waals surface area contributed by atoms with Gasteiger partial charge in [0.15, 0.2) is 0 Å². The summed E-state index contributed by atoms with van der Waals surface area (Å²) in [5, 5.41) is 3.51. The summed E-state index contributed by atoms with van der Waals surface area (Å²) in [4.78, 5) is 22.1. The standard InChI is InChI=1S/C24H36N4O2/c1-6-18(13-14-29)19-11-12-23(28(9-4)21(7-2)8-3)22(15-19)27-20-16-25-24(26-17-20)30-10-5/h11-12,14-18,21,27H,6-10,13H2,1-5H3. The highest BCUT2D eigenvalue weighted by atomic mass is 16.5. The van der Waals surface area contributed by atoms with E-state index in [2.05, 4.69) is 66.1 Å². The Bertz CT molecular complexity index is 775. The fourth-order valence-corrected chi connectivity index (χ4v) is 3.91. The van der Waals surface area contributed by atoms with E-state index in [1.807, 2.05) is 6.92 Å². The largest absolute Gasteiger partial charge is 0.464 e. The monoisotopic (exact) mass is 412 g/mol. The third kappa shape index (κ3) is 5.94. The molecule has 0 amide bonds. The van der Waals surface area contributed by atoms with Crippen LogP contribution in [0.5, 0.6) is 6.01 Å². The Labute approximate surface area is 181 Å². The predicted octanol–water partition coefficient (Wildman–Crippen LogP) is 5.72. The molecule has 0 spiro atoms. The predicted molar refractivity (Wildman–Crippen MR) is 124 cm³/mol. The fraction of sp³-hybridized carbons (Fsp3) is 0.542. The minimum atomic E-state index is 0.219. The summed E-state index contributed by atoms with van der Waals surface area (Å²) < 4.78 is 5.35. The number of anilines is 3. The average Bonchev–Trinajstić information content (AvgIpc) is 2.77. The Hall–Kier alpha value is -2.63. The molecule has 0 bridgehead atoms. The van der Waals surface area contributed by atoms with Crippen molar-refractivity contribution < 1.29 is 9.53 Å². The zero-order valence-corrected chi connectivity index (χ0v) is 19.0. The first-order valence-electron chi connectivity index (χ1n) is 11.2. The van der Waals surface area contributed by atoms with E-state index in [1.165, 1.54) is 5.56 Å². The zero-order valence-electron chi connectivity index (χ0n) is 19.0. The van der Waals surface area contributed by atoms with Gasteiger partial charge in [-0.15, -0.1) is 0 Å². The number of nitrogens with zero attached hydrogens (tertiary/aromatic N) is 3. The maximum atomic E-state index is 11.1.